The molecule has 2 rings (SSSR count). The Morgan fingerprint density at radius 3 is 2.94 bits per heavy atom. The number of hydrogen-bond acceptors (Lipinski definition) is 4. The van der Waals surface area contributed by atoms with Crippen LogP contribution in [0.4, 0.5) is 5.69 Å². The fraction of sp³-hybridized carbons (Fsp3) is 0.538. The van der Waals surface area contributed by atoms with Gasteiger partial charge >= 0.3 is 0 Å². The third-order valence-electron chi connectivity index (χ3n) is 3.81. The Hall–Kier alpha value is -1.78. The largest absolute Gasteiger partial charge is 0.409 e. The number of oxime groups is 1. The van der Waals surface area contributed by atoms with Crippen molar-refractivity contribution in [2.75, 3.05) is 18.0 Å². The van der Waals surface area contributed by atoms with E-state index in [1.807, 2.05) is 12.1 Å². The molecule has 98 valence electrons. The van der Waals surface area contributed by atoms with Gasteiger partial charge in [-0.2, -0.15) is 0 Å². The van der Waals surface area contributed by atoms with E-state index in [0.717, 1.165) is 24.7 Å². The van der Waals surface area contributed by atoms with Crippen molar-refractivity contribution >= 4 is 11.5 Å². The molecule has 0 aliphatic carbocycles. The van der Waals surface area contributed by atoms with Crippen LogP contribution in [0.15, 0.2) is 23.5 Å². The number of piperidine rings is 1. The van der Waals surface area contributed by atoms with Gasteiger partial charge in [0.15, 0.2) is 5.84 Å². The Morgan fingerprint density at radius 2 is 2.28 bits per heavy atom. The molecule has 5 heteroatoms. The second-order valence-corrected chi connectivity index (χ2v) is 5.07. The highest BCUT2D eigenvalue weighted by Gasteiger charge is 2.23. The van der Waals surface area contributed by atoms with Crippen molar-refractivity contribution in [3.05, 3.63) is 24.0 Å². The van der Waals surface area contributed by atoms with E-state index in [-0.39, 0.29) is 5.84 Å². The number of hydrogen-bond donors (Lipinski definition) is 2. The highest BCUT2D eigenvalue weighted by atomic mass is 16.4. The molecule has 0 radical (unpaired) electrons. The lowest BCUT2D eigenvalue weighted by atomic mass is 9.88. The number of pyridine rings is 1. The Kier molecular flexibility index (Phi) is 3.69. The summed E-state index contributed by atoms with van der Waals surface area (Å²) in [5.41, 5.74) is 7.16. The van der Waals surface area contributed by atoms with E-state index in [4.69, 9.17) is 10.9 Å². The van der Waals surface area contributed by atoms with Gasteiger partial charge in [0.25, 0.3) is 0 Å². The maximum atomic E-state index is 8.68. The van der Waals surface area contributed by atoms with E-state index in [1.165, 1.54) is 6.42 Å². The van der Waals surface area contributed by atoms with Crippen LogP contribution in [0.2, 0.25) is 0 Å². The summed E-state index contributed by atoms with van der Waals surface area (Å²) >= 11 is 0. The van der Waals surface area contributed by atoms with Crippen LogP contribution in [0.5, 0.6) is 0 Å². The van der Waals surface area contributed by atoms with E-state index in [9.17, 15) is 0 Å². The average Bonchev–Trinajstić information content (AvgIpc) is 2.41. The minimum Gasteiger partial charge on any atom is -0.409 e. The predicted octanol–water partition coefficient (Wildman–Crippen LogP) is 1.66. The summed E-state index contributed by atoms with van der Waals surface area (Å²) in [4.78, 5) is 6.43. The fourth-order valence-corrected chi connectivity index (χ4v) is 2.30. The molecule has 0 bridgehead atoms. The van der Waals surface area contributed by atoms with Crippen LogP contribution < -0.4 is 10.6 Å². The first-order chi connectivity index (χ1) is 8.61. The summed E-state index contributed by atoms with van der Waals surface area (Å²) in [6.45, 7) is 6.67. The van der Waals surface area contributed by atoms with Gasteiger partial charge in [0.1, 0.15) is 5.69 Å². The van der Waals surface area contributed by atoms with Gasteiger partial charge in [0.2, 0.25) is 0 Å². The van der Waals surface area contributed by atoms with Crippen molar-refractivity contribution in [1.29, 1.82) is 0 Å². The minimum atomic E-state index is 0.0512. The Bertz CT molecular complexity index is 446. The molecule has 3 N–H and O–H groups in total. The molecule has 1 saturated heterocycles. The van der Waals surface area contributed by atoms with Crippen LogP contribution in [0, 0.1) is 11.8 Å². The molecular weight excluding hydrogens is 228 g/mol. The van der Waals surface area contributed by atoms with Crippen LogP contribution in [-0.4, -0.2) is 29.1 Å². The van der Waals surface area contributed by atoms with Crippen molar-refractivity contribution in [2.24, 2.45) is 22.7 Å². The summed E-state index contributed by atoms with van der Waals surface area (Å²) < 4.78 is 0. The quantitative estimate of drug-likeness (QED) is 0.361. The van der Waals surface area contributed by atoms with Crippen LogP contribution in [0.3, 0.4) is 0 Å². The van der Waals surface area contributed by atoms with Crippen LogP contribution in [0.25, 0.3) is 0 Å². The van der Waals surface area contributed by atoms with Crippen LogP contribution >= 0.6 is 0 Å². The number of nitrogens with zero attached hydrogens (tertiary/aromatic N) is 3. The second kappa shape index (κ2) is 5.25. The van der Waals surface area contributed by atoms with E-state index in [2.05, 4.69) is 28.9 Å². The normalized spacial score (nSPS) is 25.2. The van der Waals surface area contributed by atoms with Crippen molar-refractivity contribution < 1.29 is 5.21 Å². The number of aromatic nitrogens is 1. The number of nitrogens with two attached hydrogens (primary N) is 1. The minimum absolute atomic E-state index is 0.0512. The first-order valence-corrected chi connectivity index (χ1v) is 6.30. The zero-order chi connectivity index (χ0) is 13.1. The van der Waals surface area contributed by atoms with Crippen molar-refractivity contribution in [3.63, 3.8) is 0 Å². The fourth-order valence-electron chi connectivity index (χ4n) is 2.30. The summed E-state index contributed by atoms with van der Waals surface area (Å²) in [5, 5.41) is 11.7. The highest BCUT2D eigenvalue weighted by molar-refractivity contribution is 5.95. The van der Waals surface area contributed by atoms with Gasteiger partial charge < -0.3 is 15.8 Å². The summed E-state index contributed by atoms with van der Waals surface area (Å²) in [6, 6.07) is 3.84. The van der Waals surface area contributed by atoms with Gasteiger partial charge in [-0.05, 0) is 30.4 Å². The molecule has 0 spiro atoms. The Balaban J connectivity index is 2.19. The Labute approximate surface area is 107 Å². The number of rotatable bonds is 2. The average molecular weight is 248 g/mol. The monoisotopic (exact) mass is 248 g/mol. The maximum Gasteiger partial charge on any atom is 0.188 e. The maximum absolute atomic E-state index is 8.68. The lowest BCUT2D eigenvalue weighted by Crippen LogP contribution is -2.38. The molecule has 1 aliphatic rings. The van der Waals surface area contributed by atoms with Gasteiger partial charge in [-0.1, -0.05) is 19.0 Å². The lowest BCUT2D eigenvalue weighted by Gasteiger charge is -2.36. The number of anilines is 1. The smallest absolute Gasteiger partial charge is 0.188 e. The van der Waals surface area contributed by atoms with E-state index >= 15 is 0 Å². The van der Waals surface area contributed by atoms with Gasteiger partial charge in [-0.3, -0.25) is 4.98 Å². The molecular formula is C13H20N4O. The van der Waals surface area contributed by atoms with E-state index < -0.39 is 0 Å². The molecule has 0 aromatic carbocycles. The molecule has 0 saturated carbocycles. The zero-order valence-corrected chi connectivity index (χ0v) is 10.9. The number of amidine groups is 1. The van der Waals surface area contributed by atoms with Crippen molar-refractivity contribution in [1.82, 2.24) is 4.98 Å². The molecule has 2 atom stereocenters. The lowest BCUT2D eigenvalue weighted by molar-refractivity contribution is 0.318. The summed E-state index contributed by atoms with van der Waals surface area (Å²) in [6.07, 6.45) is 2.90. The molecule has 1 fully saturated rings. The molecule has 1 aromatic heterocycles. The molecule has 2 unspecified atom stereocenters. The Morgan fingerprint density at radius 1 is 1.50 bits per heavy atom. The van der Waals surface area contributed by atoms with E-state index in [0.29, 0.717) is 11.6 Å². The topological polar surface area (TPSA) is 74.7 Å². The molecule has 18 heavy (non-hydrogen) atoms. The van der Waals surface area contributed by atoms with Gasteiger partial charge in [-0.25, -0.2) is 0 Å². The highest BCUT2D eigenvalue weighted by Crippen LogP contribution is 2.26. The molecule has 1 aliphatic heterocycles. The molecule has 5 nitrogen and oxygen atoms in total. The summed E-state index contributed by atoms with van der Waals surface area (Å²) in [7, 11) is 0. The van der Waals surface area contributed by atoms with Crippen LogP contribution in [-0.2, 0) is 0 Å². The van der Waals surface area contributed by atoms with Crippen molar-refractivity contribution in [2.45, 2.75) is 20.3 Å². The first kappa shape index (κ1) is 12.7. The summed E-state index contributed by atoms with van der Waals surface area (Å²) in [5.74, 6) is 1.50. The third-order valence-corrected chi connectivity index (χ3v) is 3.81. The third kappa shape index (κ3) is 2.55. The molecule has 1 aromatic rings. The standard InChI is InChI=1S/C13H20N4O/c1-9-4-6-17(8-10(9)2)11-3-5-15-12(7-11)13(14)16-18/h3,5,7,9-10,18H,4,6,8H2,1-2H3,(H2,14,16). The molecule has 2 heterocycles. The zero-order valence-electron chi connectivity index (χ0n) is 10.9. The first-order valence-electron chi connectivity index (χ1n) is 6.30. The predicted molar refractivity (Wildman–Crippen MR) is 71.9 cm³/mol. The van der Waals surface area contributed by atoms with Gasteiger partial charge in [-0.15, -0.1) is 0 Å². The van der Waals surface area contributed by atoms with E-state index in [1.54, 1.807) is 6.20 Å². The van der Waals surface area contributed by atoms with Gasteiger partial charge in [0.05, 0.1) is 0 Å². The second-order valence-electron chi connectivity index (χ2n) is 5.07. The van der Waals surface area contributed by atoms with Crippen molar-refractivity contribution in [3.8, 4) is 0 Å². The van der Waals surface area contributed by atoms with Crippen LogP contribution in [0.1, 0.15) is 26.0 Å². The molecule has 0 amide bonds. The SMILES string of the molecule is CC1CCN(c2ccnc(/C(N)=N/O)c2)CC1C. The van der Waals surface area contributed by atoms with Gasteiger partial charge in [0, 0.05) is 25.0 Å².